The third-order valence-electron chi connectivity index (χ3n) is 5.68. The van der Waals surface area contributed by atoms with Gasteiger partial charge in [0.1, 0.15) is 4.83 Å². The van der Waals surface area contributed by atoms with Gasteiger partial charge in [-0.15, -0.1) is 22.7 Å². The molecule has 0 aromatic carbocycles. The van der Waals surface area contributed by atoms with Gasteiger partial charge in [-0.1, -0.05) is 6.07 Å². The van der Waals surface area contributed by atoms with Gasteiger partial charge in [-0.25, -0.2) is 4.98 Å². The first-order valence-corrected chi connectivity index (χ1v) is 11.7. The Morgan fingerprint density at radius 2 is 2.10 bits per heavy atom. The number of carbonyl (C=O) groups excluding carboxylic acids is 1. The summed E-state index contributed by atoms with van der Waals surface area (Å²) in [5.41, 5.74) is 0.934. The molecular weight excluding hydrogens is 404 g/mol. The van der Waals surface area contributed by atoms with Gasteiger partial charge >= 0.3 is 0 Å². The second-order valence-corrected chi connectivity index (χ2v) is 9.72. The van der Waals surface area contributed by atoms with Crippen molar-refractivity contribution >= 4 is 38.8 Å². The summed E-state index contributed by atoms with van der Waals surface area (Å²) in [7, 11) is 0. The van der Waals surface area contributed by atoms with E-state index in [0.29, 0.717) is 18.5 Å². The lowest BCUT2D eigenvalue weighted by Gasteiger charge is -2.27. The van der Waals surface area contributed by atoms with Crippen molar-refractivity contribution in [2.45, 2.75) is 45.7 Å². The van der Waals surface area contributed by atoms with Crippen molar-refractivity contribution in [3.63, 3.8) is 0 Å². The Balaban J connectivity index is 1.38. The predicted molar refractivity (Wildman–Crippen MR) is 119 cm³/mol. The fourth-order valence-corrected chi connectivity index (χ4v) is 5.74. The van der Waals surface area contributed by atoms with Crippen LogP contribution in [0.25, 0.3) is 10.2 Å². The van der Waals surface area contributed by atoms with E-state index in [9.17, 15) is 9.59 Å². The number of hydrogen-bond donors (Lipinski definition) is 1. The zero-order valence-electron chi connectivity index (χ0n) is 16.8. The molecule has 1 amide bonds. The molecule has 1 aliphatic rings. The summed E-state index contributed by atoms with van der Waals surface area (Å²) in [6.45, 7) is 7.07. The molecule has 1 fully saturated rings. The normalized spacial score (nSPS) is 15.8. The van der Waals surface area contributed by atoms with Crippen LogP contribution in [0, 0.1) is 13.8 Å². The van der Waals surface area contributed by atoms with Gasteiger partial charge in [0.2, 0.25) is 5.91 Å². The monoisotopic (exact) mass is 430 g/mol. The highest BCUT2D eigenvalue weighted by atomic mass is 32.1. The maximum atomic E-state index is 12.8. The lowest BCUT2D eigenvalue weighted by atomic mass is 10.2. The van der Waals surface area contributed by atoms with Crippen molar-refractivity contribution in [1.82, 2.24) is 19.8 Å². The van der Waals surface area contributed by atoms with Crippen molar-refractivity contribution < 1.29 is 4.79 Å². The molecule has 154 valence electrons. The van der Waals surface area contributed by atoms with Gasteiger partial charge < -0.3 is 5.32 Å². The summed E-state index contributed by atoms with van der Waals surface area (Å²) in [4.78, 5) is 35.3. The third kappa shape index (κ3) is 4.29. The number of hydrogen-bond acceptors (Lipinski definition) is 6. The van der Waals surface area contributed by atoms with Crippen LogP contribution in [0.1, 0.15) is 40.6 Å². The van der Waals surface area contributed by atoms with Gasteiger partial charge in [0.25, 0.3) is 5.56 Å². The summed E-state index contributed by atoms with van der Waals surface area (Å²) in [6.07, 6.45) is 4.27. The van der Waals surface area contributed by atoms with E-state index in [4.69, 9.17) is 0 Å². The smallest absolute Gasteiger partial charge is 0.262 e. The number of nitrogens with one attached hydrogen (secondary N) is 1. The largest absolute Gasteiger partial charge is 0.354 e. The van der Waals surface area contributed by atoms with E-state index in [-0.39, 0.29) is 23.9 Å². The van der Waals surface area contributed by atoms with E-state index in [0.717, 1.165) is 28.4 Å². The van der Waals surface area contributed by atoms with Crippen LogP contribution in [0.5, 0.6) is 0 Å². The number of fused-ring (bicyclic) bond motifs is 1. The molecule has 4 rings (SSSR count). The molecule has 3 aromatic rings. The number of thiophene rings is 2. The molecule has 1 aliphatic heterocycles. The molecule has 6 nitrogen and oxygen atoms in total. The van der Waals surface area contributed by atoms with Gasteiger partial charge in [-0.2, -0.15) is 0 Å². The first kappa shape index (κ1) is 20.3. The molecule has 4 heterocycles. The number of rotatable bonds is 7. The van der Waals surface area contributed by atoms with Crippen LogP contribution in [-0.4, -0.2) is 40.0 Å². The van der Waals surface area contributed by atoms with Gasteiger partial charge in [-0.05, 0) is 56.8 Å². The van der Waals surface area contributed by atoms with Crippen LogP contribution in [0.15, 0.2) is 28.6 Å². The van der Waals surface area contributed by atoms with E-state index in [1.165, 1.54) is 17.7 Å². The molecule has 1 saturated heterocycles. The first-order chi connectivity index (χ1) is 14.0. The minimum absolute atomic E-state index is 0.0315. The van der Waals surface area contributed by atoms with E-state index >= 15 is 0 Å². The SMILES string of the molecule is Cc1sc2ncn(CCC(=O)NC[C@H](c3cccs3)N3CCCC3)c(=O)c2c1C. The molecule has 0 aliphatic carbocycles. The van der Waals surface area contributed by atoms with E-state index in [2.05, 4.69) is 32.7 Å². The van der Waals surface area contributed by atoms with Crippen LogP contribution in [0.4, 0.5) is 0 Å². The predicted octanol–water partition coefficient (Wildman–Crippen LogP) is 3.48. The number of aryl methyl sites for hydroxylation is 3. The second kappa shape index (κ2) is 8.77. The highest BCUT2D eigenvalue weighted by Crippen LogP contribution is 2.28. The van der Waals surface area contributed by atoms with E-state index in [1.54, 1.807) is 33.6 Å². The topological polar surface area (TPSA) is 67.2 Å². The number of nitrogens with zero attached hydrogens (tertiary/aromatic N) is 3. The molecule has 3 aromatic heterocycles. The molecule has 29 heavy (non-hydrogen) atoms. The van der Waals surface area contributed by atoms with Gasteiger partial charge in [-0.3, -0.25) is 19.1 Å². The van der Waals surface area contributed by atoms with Crippen molar-refractivity contribution in [1.29, 1.82) is 0 Å². The fraction of sp³-hybridized carbons (Fsp3) is 0.476. The summed E-state index contributed by atoms with van der Waals surface area (Å²) in [6, 6.07) is 4.44. The fourth-order valence-electron chi connectivity index (χ4n) is 3.89. The molecule has 0 unspecified atom stereocenters. The Morgan fingerprint density at radius 1 is 1.31 bits per heavy atom. The Kier molecular flexibility index (Phi) is 6.12. The molecule has 8 heteroatoms. The first-order valence-electron chi connectivity index (χ1n) is 10.0. The van der Waals surface area contributed by atoms with Crippen molar-refractivity contribution in [2.75, 3.05) is 19.6 Å². The molecule has 1 N–H and O–H groups in total. The van der Waals surface area contributed by atoms with Crippen molar-refractivity contribution in [3.05, 3.63) is 49.5 Å². The highest BCUT2D eigenvalue weighted by molar-refractivity contribution is 7.18. The number of carbonyl (C=O) groups is 1. The van der Waals surface area contributed by atoms with Crippen molar-refractivity contribution in [3.8, 4) is 0 Å². The van der Waals surface area contributed by atoms with E-state index < -0.39 is 0 Å². The Bertz CT molecular complexity index is 1050. The zero-order chi connectivity index (χ0) is 20.4. The maximum Gasteiger partial charge on any atom is 0.262 e. The Labute approximate surface area is 178 Å². The molecular formula is C21H26N4O2S2. The van der Waals surface area contributed by atoms with E-state index in [1.807, 2.05) is 13.8 Å². The number of likely N-dealkylation sites (tertiary alicyclic amines) is 1. The lowest BCUT2D eigenvalue weighted by molar-refractivity contribution is -0.121. The maximum absolute atomic E-state index is 12.8. The molecule has 0 saturated carbocycles. The molecule has 0 spiro atoms. The second-order valence-electron chi connectivity index (χ2n) is 7.53. The van der Waals surface area contributed by atoms with Crippen LogP contribution in [-0.2, 0) is 11.3 Å². The summed E-state index contributed by atoms with van der Waals surface area (Å²) in [5.74, 6) is -0.0315. The standard InChI is InChI=1S/C21H26N4O2S2/c1-14-15(2)29-20-19(14)21(27)25(13-23-20)10-7-18(26)22-12-16(17-6-5-11-28-17)24-8-3-4-9-24/h5-6,11,13,16H,3-4,7-10,12H2,1-2H3,(H,22,26)/t16-/m1/s1. The van der Waals surface area contributed by atoms with Gasteiger partial charge in [0.05, 0.1) is 17.8 Å². The number of aromatic nitrogens is 2. The Morgan fingerprint density at radius 3 is 2.83 bits per heavy atom. The minimum atomic E-state index is -0.0572. The van der Waals surface area contributed by atoms with Crippen LogP contribution < -0.4 is 10.9 Å². The minimum Gasteiger partial charge on any atom is -0.354 e. The zero-order valence-corrected chi connectivity index (χ0v) is 18.4. The van der Waals surface area contributed by atoms with Gasteiger partial charge in [0, 0.05) is 29.3 Å². The highest BCUT2D eigenvalue weighted by Gasteiger charge is 2.24. The average Bonchev–Trinajstić information content (AvgIpc) is 3.45. The number of amides is 1. The molecule has 1 atom stereocenters. The van der Waals surface area contributed by atoms with Crippen LogP contribution in [0.3, 0.4) is 0 Å². The summed E-state index contributed by atoms with van der Waals surface area (Å²) >= 11 is 3.28. The average molecular weight is 431 g/mol. The third-order valence-corrected chi connectivity index (χ3v) is 7.77. The summed E-state index contributed by atoms with van der Waals surface area (Å²) in [5, 5.41) is 5.85. The van der Waals surface area contributed by atoms with Crippen LogP contribution >= 0.6 is 22.7 Å². The van der Waals surface area contributed by atoms with Crippen molar-refractivity contribution in [2.24, 2.45) is 0 Å². The molecule has 0 radical (unpaired) electrons. The van der Waals surface area contributed by atoms with Gasteiger partial charge in [0.15, 0.2) is 0 Å². The molecule has 0 bridgehead atoms. The summed E-state index contributed by atoms with van der Waals surface area (Å²) < 4.78 is 1.55. The Hall–Kier alpha value is -2.03. The lowest BCUT2D eigenvalue weighted by Crippen LogP contribution is -2.37. The van der Waals surface area contributed by atoms with Crippen LogP contribution in [0.2, 0.25) is 0 Å². The quantitative estimate of drug-likeness (QED) is 0.623.